The Hall–Kier alpha value is -2.17. The van der Waals surface area contributed by atoms with Crippen molar-refractivity contribution in [3.8, 4) is 5.75 Å². The number of nitrogens with zero attached hydrogens (tertiary/aromatic N) is 2. The summed E-state index contributed by atoms with van der Waals surface area (Å²) in [7, 11) is -3.25. The Balaban J connectivity index is 1.86. The van der Waals surface area contributed by atoms with Crippen LogP contribution in [0, 0.1) is 0 Å². The summed E-state index contributed by atoms with van der Waals surface area (Å²) in [6.45, 7) is 3.04. The van der Waals surface area contributed by atoms with Gasteiger partial charge in [-0.25, -0.2) is 13.2 Å². The van der Waals surface area contributed by atoms with E-state index in [0.29, 0.717) is 12.2 Å². The maximum Gasteiger partial charge on any atom is 0.415 e. The van der Waals surface area contributed by atoms with E-state index in [1.54, 1.807) is 31.2 Å². The predicted molar refractivity (Wildman–Crippen MR) is 98.8 cm³/mol. The number of piperazine rings is 1. The van der Waals surface area contributed by atoms with E-state index in [1.807, 2.05) is 0 Å². The average Bonchev–Trinajstić information content (AvgIpc) is 2.63. The molecule has 0 spiro atoms. The zero-order valence-electron chi connectivity index (χ0n) is 15.5. The fourth-order valence-corrected chi connectivity index (χ4v) is 3.47. The molecule has 0 aromatic heterocycles. The van der Waals surface area contributed by atoms with Crippen molar-refractivity contribution in [2.75, 3.05) is 39.0 Å². The third kappa shape index (κ3) is 6.19. The molecular formula is C17H25N3O6S. The van der Waals surface area contributed by atoms with Gasteiger partial charge in [0, 0.05) is 26.2 Å². The van der Waals surface area contributed by atoms with E-state index in [4.69, 9.17) is 15.2 Å². The first-order chi connectivity index (χ1) is 12.7. The van der Waals surface area contributed by atoms with Crippen molar-refractivity contribution in [3.63, 3.8) is 0 Å². The molecule has 0 unspecified atom stereocenters. The van der Waals surface area contributed by atoms with Gasteiger partial charge in [0.25, 0.3) is 0 Å². The number of rotatable bonds is 6. The molecule has 2 N–H and O–H groups in total. The first kappa shape index (κ1) is 21.1. The number of sulfonamides is 1. The van der Waals surface area contributed by atoms with Crippen LogP contribution in [0.5, 0.6) is 5.75 Å². The normalized spacial score (nSPS) is 16.6. The summed E-state index contributed by atoms with van der Waals surface area (Å²) in [6, 6.07) is 5.95. The molecule has 1 aliphatic heterocycles. The van der Waals surface area contributed by atoms with E-state index < -0.39 is 28.1 Å². The van der Waals surface area contributed by atoms with Gasteiger partial charge in [-0.3, -0.25) is 4.79 Å². The highest BCUT2D eigenvalue weighted by Gasteiger charge is 2.27. The van der Waals surface area contributed by atoms with Gasteiger partial charge >= 0.3 is 12.1 Å². The van der Waals surface area contributed by atoms with Crippen LogP contribution in [0.1, 0.15) is 12.5 Å². The van der Waals surface area contributed by atoms with Crippen LogP contribution >= 0.6 is 0 Å². The molecule has 9 nitrogen and oxygen atoms in total. The smallest absolute Gasteiger partial charge is 0.415 e. The van der Waals surface area contributed by atoms with E-state index in [-0.39, 0.29) is 32.8 Å². The molecule has 0 aliphatic carbocycles. The van der Waals surface area contributed by atoms with Gasteiger partial charge in [-0.15, -0.1) is 0 Å². The first-order valence-electron chi connectivity index (χ1n) is 8.63. The van der Waals surface area contributed by atoms with Crippen molar-refractivity contribution in [2.24, 2.45) is 5.73 Å². The van der Waals surface area contributed by atoms with Crippen molar-refractivity contribution < 1.29 is 27.5 Å². The minimum atomic E-state index is -3.25. The quantitative estimate of drug-likeness (QED) is 0.679. The molecule has 27 heavy (non-hydrogen) atoms. The largest absolute Gasteiger partial charge is 0.465 e. The van der Waals surface area contributed by atoms with Crippen LogP contribution in [0.4, 0.5) is 4.79 Å². The van der Waals surface area contributed by atoms with Crippen LogP contribution in [0.25, 0.3) is 0 Å². The maximum absolute atomic E-state index is 12.2. The van der Waals surface area contributed by atoms with Gasteiger partial charge in [0.05, 0.1) is 12.9 Å². The van der Waals surface area contributed by atoms with Gasteiger partial charge in [-0.1, -0.05) is 12.1 Å². The Morgan fingerprint density at radius 3 is 2.26 bits per heavy atom. The van der Waals surface area contributed by atoms with Crippen LogP contribution in [0.3, 0.4) is 0 Å². The summed E-state index contributed by atoms with van der Waals surface area (Å²) in [6.07, 6.45) is 0.941. The Kier molecular flexibility index (Phi) is 7.17. The van der Waals surface area contributed by atoms with Gasteiger partial charge in [0.2, 0.25) is 10.0 Å². The maximum atomic E-state index is 12.2. The average molecular weight is 399 g/mol. The molecule has 1 fully saturated rings. The lowest BCUT2D eigenvalue weighted by atomic mass is 10.1. The first-order valence-corrected chi connectivity index (χ1v) is 10.5. The molecule has 1 amide bonds. The van der Waals surface area contributed by atoms with Crippen LogP contribution < -0.4 is 10.5 Å². The van der Waals surface area contributed by atoms with Crippen molar-refractivity contribution in [2.45, 2.75) is 19.4 Å². The number of amides is 1. The monoisotopic (exact) mass is 399 g/mol. The zero-order chi connectivity index (χ0) is 20.0. The van der Waals surface area contributed by atoms with Gasteiger partial charge in [0.1, 0.15) is 11.8 Å². The molecule has 1 heterocycles. The molecule has 0 saturated carbocycles. The standard InChI is InChI=1S/C17H25N3O6S/c1-3-25-16(21)15(18)12-13-4-6-14(7-5-13)26-17(22)19-8-10-20(11-9-19)27(2,23)24/h4-7,15H,3,8-12,18H2,1-2H3/t15-/m0/s1. The fraction of sp³-hybridized carbons (Fsp3) is 0.529. The molecule has 150 valence electrons. The number of esters is 1. The number of benzene rings is 1. The Morgan fingerprint density at radius 1 is 1.15 bits per heavy atom. The molecule has 0 bridgehead atoms. The Labute approximate surface area is 159 Å². The van der Waals surface area contributed by atoms with E-state index in [0.717, 1.165) is 11.8 Å². The highest BCUT2D eigenvalue weighted by atomic mass is 32.2. The van der Waals surface area contributed by atoms with E-state index >= 15 is 0 Å². The van der Waals surface area contributed by atoms with Crippen molar-refractivity contribution in [1.82, 2.24) is 9.21 Å². The van der Waals surface area contributed by atoms with Crippen molar-refractivity contribution >= 4 is 22.1 Å². The third-order valence-electron chi connectivity index (χ3n) is 4.14. The lowest BCUT2D eigenvalue weighted by Gasteiger charge is -2.32. The third-order valence-corrected chi connectivity index (χ3v) is 5.44. The second-order valence-electron chi connectivity index (χ2n) is 6.22. The number of carbonyl (C=O) groups excluding carboxylic acids is 2. The molecule has 0 radical (unpaired) electrons. The van der Waals surface area contributed by atoms with Gasteiger partial charge < -0.3 is 20.1 Å². The zero-order valence-corrected chi connectivity index (χ0v) is 16.3. The number of ether oxygens (including phenoxy) is 2. The van der Waals surface area contributed by atoms with Crippen molar-refractivity contribution in [3.05, 3.63) is 29.8 Å². The summed E-state index contributed by atoms with van der Waals surface area (Å²) in [5.74, 6) is -0.0970. The summed E-state index contributed by atoms with van der Waals surface area (Å²) in [5, 5.41) is 0. The SMILES string of the molecule is CCOC(=O)[C@@H](N)Cc1ccc(OC(=O)N2CCN(S(C)(=O)=O)CC2)cc1. The number of hydrogen-bond donors (Lipinski definition) is 1. The number of carbonyl (C=O) groups is 2. The number of nitrogens with two attached hydrogens (primary N) is 1. The fourth-order valence-electron chi connectivity index (χ4n) is 2.65. The van der Waals surface area contributed by atoms with Gasteiger partial charge in [0.15, 0.2) is 0 Å². The van der Waals surface area contributed by atoms with E-state index in [9.17, 15) is 18.0 Å². The van der Waals surface area contributed by atoms with E-state index in [1.165, 1.54) is 9.21 Å². The Morgan fingerprint density at radius 2 is 1.74 bits per heavy atom. The highest BCUT2D eigenvalue weighted by Crippen LogP contribution is 2.16. The molecule has 2 rings (SSSR count). The summed E-state index contributed by atoms with van der Waals surface area (Å²) >= 11 is 0. The minimum absolute atomic E-state index is 0.249. The lowest BCUT2D eigenvalue weighted by molar-refractivity contribution is -0.144. The molecule has 1 saturated heterocycles. The lowest BCUT2D eigenvalue weighted by Crippen LogP contribution is -2.51. The topological polar surface area (TPSA) is 119 Å². The predicted octanol–water partition coefficient (Wildman–Crippen LogP) is 0.196. The van der Waals surface area contributed by atoms with Crippen LogP contribution in [-0.4, -0.2) is 74.8 Å². The molecule has 1 aliphatic rings. The van der Waals surface area contributed by atoms with Crippen LogP contribution in [-0.2, 0) is 26.0 Å². The van der Waals surface area contributed by atoms with Crippen LogP contribution in [0.15, 0.2) is 24.3 Å². The van der Waals surface area contributed by atoms with Gasteiger partial charge in [-0.05, 0) is 31.0 Å². The van der Waals surface area contributed by atoms with Crippen LogP contribution in [0.2, 0.25) is 0 Å². The molecular weight excluding hydrogens is 374 g/mol. The molecule has 1 aromatic rings. The Bertz CT molecular complexity index is 757. The molecule has 10 heteroatoms. The summed E-state index contributed by atoms with van der Waals surface area (Å²) in [4.78, 5) is 25.2. The van der Waals surface area contributed by atoms with Crippen molar-refractivity contribution in [1.29, 1.82) is 0 Å². The number of hydrogen-bond acceptors (Lipinski definition) is 7. The molecule has 1 aromatic carbocycles. The second kappa shape index (κ2) is 9.16. The second-order valence-corrected chi connectivity index (χ2v) is 8.21. The summed E-state index contributed by atoms with van der Waals surface area (Å²) in [5.41, 5.74) is 6.60. The summed E-state index contributed by atoms with van der Waals surface area (Å²) < 4.78 is 34.5. The molecule has 1 atom stereocenters. The van der Waals surface area contributed by atoms with Gasteiger partial charge in [-0.2, -0.15) is 4.31 Å². The minimum Gasteiger partial charge on any atom is -0.465 e. The van der Waals surface area contributed by atoms with E-state index in [2.05, 4.69) is 0 Å². The highest BCUT2D eigenvalue weighted by molar-refractivity contribution is 7.88.